The number of nitrogens with one attached hydrogen (secondary N) is 3. The summed E-state index contributed by atoms with van der Waals surface area (Å²) in [5.41, 5.74) is 1.88. The lowest BCUT2D eigenvalue weighted by Gasteiger charge is -2.31. The molecule has 0 aromatic heterocycles. The molecule has 3 N–H and O–H groups in total. The summed E-state index contributed by atoms with van der Waals surface area (Å²) in [6.45, 7) is 1.73. The van der Waals surface area contributed by atoms with Crippen molar-refractivity contribution in [3.63, 3.8) is 0 Å². The number of allylic oxidation sites excluding steroid dienone is 1. The van der Waals surface area contributed by atoms with Gasteiger partial charge in [0, 0.05) is 23.5 Å². The van der Waals surface area contributed by atoms with Crippen LogP contribution in [0.25, 0.3) is 0 Å². The van der Waals surface area contributed by atoms with Crippen LogP contribution in [0.3, 0.4) is 0 Å². The summed E-state index contributed by atoms with van der Waals surface area (Å²) < 4.78 is 0. The first-order chi connectivity index (χ1) is 13.3. The number of non-ortho nitro benzene ring substituents is 1. The zero-order valence-electron chi connectivity index (χ0n) is 14.5. The molecule has 1 heterocycles. The fourth-order valence-corrected chi connectivity index (χ4v) is 3.52. The number of benzene rings is 2. The molecule has 0 bridgehead atoms. The summed E-state index contributed by atoms with van der Waals surface area (Å²) in [4.78, 5) is 23.2. The van der Waals surface area contributed by atoms with Gasteiger partial charge in [0.2, 0.25) is 0 Å². The van der Waals surface area contributed by atoms with E-state index in [4.69, 9.17) is 35.4 Å². The van der Waals surface area contributed by atoms with Crippen LogP contribution < -0.4 is 16.0 Å². The highest BCUT2D eigenvalue weighted by molar-refractivity contribution is 7.80. The first-order valence-corrected chi connectivity index (χ1v) is 9.22. The first kappa shape index (κ1) is 20.1. The maximum Gasteiger partial charge on any atom is 0.269 e. The number of nitro groups is 1. The second kappa shape index (κ2) is 8.14. The van der Waals surface area contributed by atoms with Gasteiger partial charge in [0.15, 0.2) is 5.11 Å². The van der Waals surface area contributed by atoms with Crippen molar-refractivity contribution in [3.05, 3.63) is 79.5 Å². The Hall–Kier alpha value is -2.68. The molecule has 7 nitrogen and oxygen atoms in total. The largest absolute Gasteiger partial charge is 0.351 e. The zero-order chi connectivity index (χ0) is 20.4. The SMILES string of the molecule is CC1=C(C(=O)Nc2ccc([N+](=O)[O-])cc2)C(c2cccc(Cl)c2Cl)NC(=S)N1. The highest BCUT2D eigenvalue weighted by Gasteiger charge is 2.31. The Labute approximate surface area is 175 Å². The summed E-state index contributed by atoms with van der Waals surface area (Å²) in [5.74, 6) is -0.408. The Morgan fingerprint density at radius 2 is 1.89 bits per heavy atom. The monoisotopic (exact) mass is 436 g/mol. The van der Waals surface area contributed by atoms with E-state index in [2.05, 4.69) is 16.0 Å². The molecule has 2 aromatic carbocycles. The van der Waals surface area contributed by atoms with Crippen LogP contribution in [0.4, 0.5) is 11.4 Å². The average Bonchev–Trinajstić information content (AvgIpc) is 2.63. The Bertz CT molecular complexity index is 1010. The molecule has 1 aliphatic rings. The number of hydrogen-bond acceptors (Lipinski definition) is 4. The van der Waals surface area contributed by atoms with Gasteiger partial charge in [-0.1, -0.05) is 35.3 Å². The third-order valence-electron chi connectivity index (χ3n) is 4.14. The van der Waals surface area contributed by atoms with Crippen LogP contribution in [0.5, 0.6) is 0 Å². The van der Waals surface area contributed by atoms with Crippen LogP contribution in [0.15, 0.2) is 53.7 Å². The van der Waals surface area contributed by atoms with Crippen LogP contribution in [0.1, 0.15) is 18.5 Å². The molecule has 1 atom stereocenters. The van der Waals surface area contributed by atoms with Gasteiger partial charge in [-0.25, -0.2) is 0 Å². The molecular weight excluding hydrogens is 423 g/mol. The molecule has 0 aliphatic carbocycles. The van der Waals surface area contributed by atoms with Gasteiger partial charge >= 0.3 is 0 Å². The van der Waals surface area contributed by atoms with Gasteiger partial charge in [-0.2, -0.15) is 0 Å². The van der Waals surface area contributed by atoms with Gasteiger partial charge < -0.3 is 16.0 Å². The van der Waals surface area contributed by atoms with E-state index in [1.807, 2.05) is 0 Å². The average molecular weight is 437 g/mol. The van der Waals surface area contributed by atoms with Crippen molar-refractivity contribution in [2.75, 3.05) is 5.32 Å². The Kier molecular flexibility index (Phi) is 5.83. The van der Waals surface area contributed by atoms with E-state index >= 15 is 0 Å². The van der Waals surface area contributed by atoms with Crippen LogP contribution in [-0.2, 0) is 4.79 Å². The number of nitrogens with zero attached hydrogens (tertiary/aromatic N) is 1. The van der Waals surface area contributed by atoms with Crippen molar-refractivity contribution >= 4 is 57.8 Å². The number of thiocarbonyl (C=S) groups is 1. The van der Waals surface area contributed by atoms with E-state index in [1.54, 1.807) is 25.1 Å². The molecule has 0 fully saturated rings. The Balaban J connectivity index is 1.95. The minimum atomic E-state index is -0.613. The predicted molar refractivity (Wildman–Crippen MR) is 112 cm³/mol. The molecule has 10 heteroatoms. The summed E-state index contributed by atoms with van der Waals surface area (Å²) in [6.07, 6.45) is 0. The molecule has 0 saturated carbocycles. The topological polar surface area (TPSA) is 96.3 Å². The molecular formula is C18H14Cl2N4O3S. The fraction of sp³-hybridized carbons (Fsp3) is 0.111. The molecule has 0 radical (unpaired) electrons. The predicted octanol–water partition coefficient (Wildman–Crippen LogP) is 4.33. The number of anilines is 1. The van der Waals surface area contributed by atoms with Crippen molar-refractivity contribution < 1.29 is 9.72 Å². The van der Waals surface area contributed by atoms with Crippen LogP contribution in [-0.4, -0.2) is 15.9 Å². The van der Waals surface area contributed by atoms with Gasteiger partial charge in [-0.15, -0.1) is 0 Å². The van der Waals surface area contributed by atoms with Crippen LogP contribution >= 0.6 is 35.4 Å². The van der Waals surface area contributed by atoms with Crippen molar-refractivity contribution in [2.45, 2.75) is 13.0 Å². The second-order valence-electron chi connectivity index (χ2n) is 5.97. The standard InChI is InChI=1S/C18H14Cl2N4O3S/c1-9-14(17(25)22-10-5-7-11(8-6-10)24(26)27)16(23-18(28)21-9)12-3-2-4-13(19)15(12)20/h2-8,16H,1H3,(H,22,25)(H2,21,23,28). The highest BCUT2D eigenvalue weighted by Crippen LogP contribution is 2.35. The number of carbonyl (C=O) groups is 1. The van der Waals surface area contributed by atoms with Crippen molar-refractivity contribution in [1.82, 2.24) is 10.6 Å². The normalized spacial score (nSPS) is 16.2. The van der Waals surface area contributed by atoms with Gasteiger partial charge in [0.1, 0.15) is 0 Å². The third kappa shape index (κ3) is 4.09. The quantitative estimate of drug-likeness (QED) is 0.374. The van der Waals surface area contributed by atoms with Crippen molar-refractivity contribution in [3.8, 4) is 0 Å². The molecule has 144 valence electrons. The smallest absolute Gasteiger partial charge is 0.269 e. The number of rotatable bonds is 4. The zero-order valence-corrected chi connectivity index (χ0v) is 16.8. The molecule has 1 amide bonds. The first-order valence-electron chi connectivity index (χ1n) is 8.06. The molecule has 2 aromatic rings. The maximum atomic E-state index is 13.0. The lowest BCUT2D eigenvalue weighted by Crippen LogP contribution is -2.45. The number of carbonyl (C=O) groups excluding carboxylic acids is 1. The number of nitro benzene ring substituents is 1. The summed E-state index contributed by atoms with van der Waals surface area (Å²) in [6, 6.07) is 10.1. The highest BCUT2D eigenvalue weighted by atomic mass is 35.5. The minimum Gasteiger partial charge on any atom is -0.351 e. The Morgan fingerprint density at radius 1 is 1.21 bits per heavy atom. The maximum absolute atomic E-state index is 13.0. The molecule has 1 aliphatic heterocycles. The molecule has 0 saturated heterocycles. The molecule has 3 rings (SSSR count). The molecule has 28 heavy (non-hydrogen) atoms. The van der Waals surface area contributed by atoms with E-state index in [1.165, 1.54) is 24.3 Å². The summed E-state index contributed by atoms with van der Waals surface area (Å²) in [7, 11) is 0. The lowest BCUT2D eigenvalue weighted by molar-refractivity contribution is -0.384. The number of halogens is 2. The van der Waals surface area contributed by atoms with Gasteiger partial charge in [-0.3, -0.25) is 14.9 Å². The van der Waals surface area contributed by atoms with E-state index in [9.17, 15) is 14.9 Å². The summed E-state index contributed by atoms with van der Waals surface area (Å²) >= 11 is 17.7. The van der Waals surface area contributed by atoms with E-state index < -0.39 is 16.9 Å². The van der Waals surface area contributed by atoms with Crippen LogP contribution in [0.2, 0.25) is 10.0 Å². The van der Waals surface area contributed by atoms with E-state index in [0.29, 0.717) is 37.7 Å². The van der Waals surface area contributed by atoms with E-state index in [0.717, 1.165) is 0 Å². The van der Waals surface area contributed by atoms with Gasteiger partial charge in [0.05, 0.1) is 26.6 Å². The third-order valence-corrected chi connectivity index (χ3v) is 5.20. The van der Waals surface area contributed by atoms with Gasteiger partial charge in [0.25, 0.3) is 11.6 Å². The fourth-order valence-electron chi connectivity index (χ4n) is 2.84. The van der Waals surface area contributed by atoms with Crippen LogP contribution in [0, 0.1) is 10.1 Å². The van der Waals surface area contributed by atoms with E-state index in [-0.39, 0.29) is 5.69 Å². The van der Waals surface area contributed by atoms with Gasteiger partial charge in [-0.05, 0) is 42.9 Å². The second-order valence-corrected chi connectivity index (χ2v) is 7.16. The number of amides is 1. The van der Waals surface area contributed by atoms with Crippen molar-refractivity contribution in [1.29, 1.82) is 0 Å². The number of hydrogen-bond donors (Lipinski definition) is 3. The molecule has 0 spiro atoms. The lowest BCUT2D eigenvalue weighted by atomic mass is 9.95. The molecule has 1 unspecified atom stereocenters. The summed E-state index contributed by atoms with van der Waals surface area (Å²) in [5, 5.41) is 20.5. The minimum absolute atomic E-state index is 0.0664. The van der Waals surface area contributed by atoms with Crippen molar-refractivity contribution in [2.24, 2.45) is 0 Å². The Morgan fingerprint density at radius 3 is 2.54 bits per heavy atom.